The number of carbonyl (C=O) groups excluding carboxylic acids is 2. The van der Waals surface area contributed by atoms with Gasteiger partial charge in [-0.15, -0.1) is 11.3 Å². The minimum absolute atomic E-state index is 0.194. The standard InChI is InChI=1S/C23H27F6N5O3S/c1-11-6-5-7-34(11)20(36)16-17(38-19(33-16)18(35)31-10-21(3,4)37)13-9-30-15(8-14(13)23(27,28)29)32-12(2)22(24,25)26/h8-9,11-12,37H,5-7,10H2,1-4H3,(H,30,32)(H,31,35)/t11?,12-/m1/s1. The minimum atomic E-state index is -5.04. The number of halogens is 6. The monoisotopic (exact) mass is 567 g/mol. The number of hydrogen-bond donors (Lipinski definition) is 3. The van der Waals surface area contributed by atoms with E-state index < -0.39 is 58.4 Å². The van der Waals surface area contributed by atoms with Gasteiger partial charge in [0.15, 0.2) is 5.01 Å². The van der Waals surface area contributed by atoms with Gasteiger partial charge in [-0.05, 0) is 46.6 Å². The number of likely N-dealkylation sites (tertiary alicyclic amines) is 1. The molecule has 210 valence electrons. The van der Waals surface area contributed by atoms with Crippen LogP contribution in [0, 0.1) is 0 Å². The maximum Gasteiger partial charge on any atom is 0.417 e. The normalized spacial score (nSPS) is 17.4. The summed E-state index contributed by atoms with van der Waals surface area (Å²) in [6, 6.07) is -1.96. The molecular formula is C23H27F6N5O3S. The number of pyridine rings is 1. The van der Waals surface area contributed by atoms with Crippen LogP contribution in [0.5, 0.6) is 0 Å². The van der Waals surface area contributed by atoms with Crippen LogP contribution in [0.2, 0.25) is 0 Å². The molecule has 1 unspecified atom stereocenters. The first-order valence-electron chi connectivity index (χ1n) is 11.6. The number of rotatable bonds is 7. The molecular weight excluding hydrogens is 540 g/mol. The summed E-state index contributed by atoms with van der Waals surface area (Å²) in [5.74, 6) is -2.16. The fraction of sp³-hybridized carbons (Fsp3) is 0.565. The van der Waals surface area contributed by atoms with Crippen LogP contribution in [0.25, 0.3) is 10.4 Å². The van der Waals surface area contributed by atoms with Crippen molar-refractivity contribution in [2.75, 3.05) is 18.4 Å². The van der Waals surface area contributed by atoms with E-state index in [4.69, 9.17) is 0 Å². The Hall–Kier alpha value is -2.94. The van der Waals surface area contributed by atoms with Gasteiger partial charge in [0, 0.05) is 30.9 Å². The van der Waals surface area contributed by atoms with E-state index in [0.29, 0.717) is 43.0 Å². The van der Waals surface area contributed by atoms with Gasteiger partial charge in [0.2, 0.25) is 0 Å². The first-order chi connectivity index (χ1) is 17.4. The zero-order valence-corrected chi connectivity index (χ0v) is 21.7. The fourth-order valence-corrected chi connectivity index (χ4v) is 4.74. The van der Waals surface area contributed by atoms with Crippen molar-refractivity contribution in [3.63, 3.8) is 0 Å². The Balaban J connectivity index is 2.12. The van der Waals surface area contributed by atoms with E-state index in [-0.39, 0.29) is 22.5 Å². The third kappa shape index (κ3) is 6.92. The zero-order chi connectivity index (χ0) is 28.6. The number of anilines is 1. The van der Waals surface area contributed by atoms with Crippen LogP contribution < -0.4 is 10.6 Å². The van der Waals surface area contributed by atoms with Crippen molar-refractivity contribution in [2.45, 2.75) is 70.6 Å². The lowest BCUT2D eigenvalue weighted by Gasteiger charge is -2.22. The van der Waals surface area contributed by atoms with E-state index in [1.165, 1.54) is 18.7 Å². The second-order valence-corrected chi connectivity index (χ2v) is 10.7. The van der Waals surface area contributed by atoms with Crippen molar-refractivity contribution < 1.29 is 41.0 Å². The summed E-state index contributed by atoms with van der Waals surface area (Å²) in [6.07, 6.45) is -7.70. The first-order valence-corrected chi connectivity index (χ1v) is 12.4. The molecule has 38 heavy (non-hydrogen) atoms. The number of nitrogens with one attached hydrogen (secondary N) is 2. The van der Waals surface area contributed by atoms with Gasteiger partial charge in [-0.25, -0.2) is 9.97 Å². The highest BCUT2D eigenvalue weighted by Gasteiger charge is 2.40. The zero-order valence-electron chi connectivity index (χ0n) is 20.9. The number of aliphatic hydroxyl groups is 1. The second kappa shape index (κ2) is 10.7. The van der Waals surface area contributed by atoms with Crippen LogP contribution in [0.1, 0.15) is 66.4 Å². The van der Waals surface area contributed by atoms with E-state index in [0.717, 1.165) is 6.92 Å². The van der Waals surface area contributed by atoms with Gasteiger partial charge in [0.05, 0.1) is 16.0 Å². The summed E-state index contributed by atoms with van der Waals surface area (Å²) in [7, 11) is 0. The quantitative estimate of drug-likeness (QED) is 0.419. The van der Waals surface area contributed by atoms with Gasteiger partial charge in [-0.3, -0.25) is 9.59 Å². The summed E-state index contributed by atoms with van der Waals surface area (Å²) >= 11 is 0.521. The Morgan fingerprint density at radius 2 is 1.89 bits per heavy atom. The van der Waals surface area contributed by atoms with Crippen molar-refractivity contribution in [1.82, 2.24) is 20.2 Å². The van der Waals surface area contributed by atoms with Gasteiger partial charge in [-0.2, -0.15) is 26.3 Å². The van der Waals surface area contributed by atoms with Gasteiger partial charge < -0.3 is 20.6 Å². The van der Waals surface area contributed by atoms with E-state index in [1.54, 1.807) is 6.92 Å². The molecule has 0 aliphatic carbocycles. The molecule has 0 aromatic carbocycles. The maximum absolute atomic E-state index is 14.1. The average molecular weight is 568 g/mol. The van der Waals surface area contributed by atoms with Crippen molar-refractivity contribution in [3.05, 3.63) is 28.5 Å². The Morgan fingerprint density at radius 3 is 2.42 bits per heavy atom. The van der Waals surface area contributed by atoms with Crippen LogP contribution in [-0.4, -0.2) is 68.7 Å². The van der Waals surface area contributed by atoms with Crippen LogP contribution in [0.3, 0.4) is 0 Å². The summed E-state index contributed by atoms with van der Waals surface area (Å²) in [6.45, 7) is 5.53. The number of hydrogen-bond acceptors (Lipinski definition) is 7. The van der Waals surface area contributed by atoms with Crippen molar-refractivity contribution in [3.8, 4) is 10.4 Å². The average Bonchev–Trinajstić information content (AvgIpc) is 3.42. The second-order valence-electron chi connectivity index (χ2n) is 9.70. The van der Waals surface area contributed by atoms with Crippen molar-refractivity contribution in [1.29, 1.82) is 0 Å². The van der Waals surface area contributed by atoms with E-state index >= 15 is 0 Å². The Labute approximate surface area is 218 Å². The summed E-state index contributed by atoms with van der Waals surface area (Å²) in [5, 5.41) is 13.9. The van der Waals surface area contributed by atoms with Crippen LogP contribution >= 0.6 is 11.3 Å². The maximum atomic E-state index is 14.1. The summed E-state index contributed by atoms with van der Waals surface area (Å²) in [5.41, 5.74) is -3.63. The molecule has 1 aliphatic heterocycles. The Kier molecular flexibility index (Phi) is 8.32. The molecule has 3 rings (SSSR count). The van der Waals surface area contributed by atoms with E-state index in [9.17, 15) is 41.0 Å². The lowest BCUT2D eigenvalue weighted by molar-refractivity contribution is -0.138. The highest BCUT2D eigenvalue weighted by atomic mass is 32.1. The van der Waals surface area contributed by atoms with Gasteiger partial charge >= 0.3 is 12.4 Å². The summed E-state index contributed by atoms with van der Waals surface area (Å²) in [4.78, 5) is 35.0. The first kappa shape index (κ1) is 29.6. The Morgan fingerprint density at radius 1 is 1.24 bits per heavy atom. The van der Waals surface area contributed by atoms with Gasteiger partial charge in [-0.1, -0.05) is 0 Å². The van der Waals surface area contributed by atoms with Crippen molar-refractivity contribution >= 4 is 29.0 Å². The minimum Gasteiger partial charge on any atom is -0.389 e. The molecule has 3 N–H and O–H groups in total. The lowest BCUT2D eigenvalue weighted by Crippen LogP contribution is -2.38. The molecule has 8 nitrogen and oxygen atoms in total. The van der Waals surface area contributed by atoms with E-state index in [2.05, 4.69) is 15.3 Å². The number of carbonyl (C=O) groups is 2. The number of thiazole rings is 1. The molecule has 2 atom stereocenters. The number of amides is 2. The van der Waals surface area contributed by atoms with Crippen LogP contribution in [-0.2, 0) is 6.18 Å². The predicted octanol–water partition coefficient (Wildman–Crippen LogP) is 4.71. The molecule has 15 heteroatoms. The number of aromatic nitrogens is 2. The molecule has 0 spiro atoms. The third-order valence-electron chi connectivity index (χ3n) is 5.83. The molecule has 0 radical (unpaired) electrons. The van der Waals surface area contributed by atoms with Gasteiger partial charge in [0.1, 0.15) is 17.6 Å². The number of nitrogens with zero attached hydrogens (tertiary/aromatic N) is 3. The highest BCUT2D eigenvalue weighted by molar-refractivity contribution is 7.17. The topological polar surface area (TPSA) is 107 Å². The van der Waals surface area contributed by atoms with E-state index in [1.807, 2.05) is 5.32 Å². The molecule has 0 bridgehead atoms. The van der Waals surface area contributed by atoms with Crippen molar-refractivity contribution in [2.24, 2.45) is 0 Å². The fourth-order valence-electron chi connectivity index (χ4n) is 3.74. The highest BCUT2D eigenvalue weighted by Crippen LogP contribution is 2.42. The molecule has 1 fully saturated rings. The molecule has 2 aromatic heterocycles. The van der Waals surface area contributed by atoms with Crippen LogP contribution in [0.15, 0.2) is 12.3 Å². The smallest absolute Gasteiger partial charge is 0.389 e. The third-order valence-corrected chi connectivity index (χ3v) is 6.92. The SMILES string of the molecule is CC1CCCN1C(=O)c1nc(C(=O)NCC(C)(C)O)sc1-c1cnc(N[C@H](C)C(F)(F)F)cc1C(F)(F)F. The predicted molar refractivity (Wildman–Crippen MR) is 128 cm³/mol. The number of alkyl halides is 6. The molecule has 2 amide bonds. The molecule has 3 heterocycles. The Bertz CT molecular complexity index is 1190. The molecule has 2 aromatic rings. The van der Waals surface area contributed by atoms with Crippen LogP contribution in [0.4, 0.5) is 32.2 Å². The molecule has 0 saturated carbocycles. The summed E-state index contributed by atoms with van der Waals surface area (Å²) < 4.78 is 81.1. The molecule has 1 saturated heterocycles. The van der Waals surface area contributed by atoms with Gasteiger partial charge in [0.25, 0.3) is 11.8 Å². The lowest BCUT2D eigenvalue weighted by atomic mass is 10.1. The molecule has 1 aliphatic rings. The largest absolute Gasteiger partial charge is 0.417 e.